The fourth-order valence-corrected chi connectivity index (χ4v) is 4.12. The van der Waals surface area contributed by atoms with Gasteiger partial charge in [0, 0.05) is 16.3 Å². The highest BCUT2D eigenvalue weighted by Crippen LogP contribution is 2.29. The van der Waals surface area contributed by atoms with E-state index in [1.54, 1.807) is 36.4 Å². The fourth-order valence-electron chi connectivity index (χ4n) is 2.88. The van der Waals surface area contributed by atoms with Crippen molar-refractivity contribution in [2.24, 2.45) is 0 Å². The van der Waals surface area contributed by atoms with E-state index in [1.807, 2.05) is 13.8 Å². The van der Waals surface area contributed by atoms with E-state index in [4.69, 9.17) is 21.1 Å². The molecule has 0 fully saturated rings. The van der Waals surface area contributed by atoms with Crippen LogP contribution in [-0.2, 0) is 10.0 Å². The number of anilines is 2. The Morgan fingerprint density at radius 1 is 0.875 bits per heavy atom. The quantitative estimate of drug-likeness (QED) is 0.445. The molecule has 0 spiro atoms. The Balaban J connectivity index is 1.72. The van der Waals surface area contributed by atoms with E-state index < -0.39 is 10.0 Å². The maximum atomic E-state index is 12.6. The first-order chi connectivity index (χ1) is 15.3. The van der Waals surface area contributed by atoms with E-state index in [-0.39, 0.29) is 10.8 Å². The molecule has 0 saturated heterocycles. The number of sulfonamides is 1. The summed E-state index contributed by atoms with van der Waals surface area (Å²) < 4.78 is 38.7. The molecule has 0 unspecified atom stereocenters. The molecular weight excluding hydrogens is 452 g/mol. The predicted molar refractivity (Wildman–Crippen MR) is 125 cm³/mol. The molecule has 9 heteroatoms. The molecule has 3 rings (SSSR count). The van der Waals surface area contributed by atoms with Gasteiger partial charge in [0.1, 0.15) is 0 Å². The first-order valence-electron chi connectivity index (χ1n) is 9.92. The molecule has 0 saturated carbocycles. The standard InChI is InChI=1S/C23H23ClN2O5S/c1-3-30-21-13-8-16(14-22(21)31-4-2)23(27)25-18-9-11-20(12-10-18)32(28,29)26-19-7-5-6-17(24)15-19/h5-15,26H,3-4H2,1-2H3,(H,25,27). The monoisotopic (exact) mass is 474 g/mol. The van der Waals surface area contributed by atoms with E-state index in [2.05, 4.69) is 10.0 Å². The van der Waals surface area contributed by atoms with E-state index in [1.165, 1.54) is 30.3 Å². The number of hydrogen-bond donors (Lipinski definition) is 2. The van der Waals surface area contributed by atoms with Gasteiger partial charge < -0.3 is 14.8 Å². The molecule has 0 aromatic heterocycles. The van der Waals surface area contributed by atoms with Gasteiger partial charge in [-0.1, -0.05) is 17.7 Å². The summed E-state index contributed by atoms with van der Waals surface area (Å²) >= 11 is 5.90. The van der Waals surface area contributed by atoms with Crippen molar-refractivity contribution in [1.82, 2.24) is 0 Å². The Morgan fingerprint density at radius 2 is 1.56 bits per heavy atom. The number of hydrogen-bond acceptors (Lipinski definition) is 5. The van der Waals surface area contributed by atoms with Crippen molar-refractivity contribution in [1.29, 1.82) is 0 Å². The largest absolute Gasteiger partial charge is 0.490 e. The molecule has 0 bridgehead atoms. The van der Waals surface area contributed by atoms with E-state index in [0.29, 0.717) is 46.7 Å². The summed E-state index contributed by atoms with van der Waals surface area (Å²) in [7, 11) is -3.80. The SMILES string of the molecule is CCOc1ccc(C(=O)Nc2ccc(S(=O)(=O)Nc3cccc(Cl)c3)cc2)cc1OCC. The van der Waals surface area contributed by atoms with Crippen LogP contribution in [0.2, 0.25) is 5.02 Å². The molecule has 1 amide bonds. The lowest BCUT2D eigenvalue weighted by atomic mass is 10.2. The van der Waals surface area contributed by atoms with Crippen LogP contribution < -0.4 is 19.5 Å². The molecule has 0 aliphatic carbocycles. The summed E-state index contributed by atoms with van der Waals surface area (Å²) in [5.74, 6) is 0.685. The number of benzene rings is 3. The van der Waals surface area contributed by atoms with Crippen LogP contribution in [0.4, 0.5) is 11.4 Å². The highest BCUT2D eigenvalue weighted by molar-refractivity contribution is 7.92. The Bertz CT molecular complexity index is 1200. The van der Waals surface area contributed by atoms with Crippen LogP contribution in [0.15, 0.2) is 71.6 Å². The molecule has 168 valence electrons. The van der Waals surface area contributed by atoms with Gasteiger partial charge in [0.25, 0.3) is 15.9 Å². The van der Waals surface area contributed by atoms with Crippen LogP contribution in [0.1, 0.15) is 24.2 Å². The van der Waals surface area contributed by atoms with E-state index in [0.717, 1.165) is 0 Å². The Hall–Kier alpha value is -3.23. The predicted octanol–water partition coefficient (Wildman–Crippen LogP) is 5.19. The summed E-state index contributed by atoms with van der Waals surface area (Å²) in [6.07, 6.45) is 0. The van der Waals surface area contributed by atoms with Crippen LogP contribution in [0, 0.1) is 0 Å². The van der Waals surface area contributed by atoms with Crippen LogP contribution in [0.5, 0.6) is 11.5 Å². The number of halogens is 1. The van der Waals surface area contributed by atoms with Crippen LogP contribution in [-0.4, -0.2) is 27.5 Å². The molecule has 32 heavy (non-hydrogen) atoms. The zero-order valence-electron chi connectivity index (χ0n) is 17.6. The molecule has 0 aliphatic heterocycles. The normalized spacial score (nSPS) is 11.0. The maximum Gasteiger partial charge on any atom is 0.261 e. The van der Waals surface area contributed by atoms with Gasteiger partial charge in [0.05, 0.1) is 23.8 Å². The fraction of sp³-hybridized carbons (Fsp3) is 0.174. The number of carbonyl (C=O) groups is 1. The van der Waals surface area contributed by atoms with Gasteiger partial charge in [-0.15, -0.1) is 0 Å². The van der Waals surface area contributed by atoms with E-state index in [9.17, 15) is 13.2 Å². The third-order valence-electron chi connectivity index (χ3n) is 4.30. The van der Waals surface area contributed by atoms with Crippen LogP contribution in [0.3, 0.4) is 0 Å². The molecular formula is C23H23ClN2O5S. The molecule has 0 atom stereocenters. The maximum absolute atomic E-state index is 12.6. The minimum absolute atomic E-state index is 0.0511. The zero-order chi connectivity index (χ0) is 23.1. The lowest BCUT2D eigenvalue weighted by molar-refractivity contribution is 0.102. The summed E-state index contributed by atoms with van der Waals surface area (Å²) in [6, 6.07) is 17.2. The number of ether oxygens (including phenoxy) is 2. The van der Waals surface area contributed by atoms with E-state index >= 15 is 0 Å². The van der Waals surface area contributed by atoms with Crippen molar-refractivity contribution in [2.45, 2.75) is 18.7 Å². The summed E-state index contributed by atoms with van der Waals surface area (Å²) in [5.41, 5.74) is 1.19. The van der Waals surface area contributed by atoms with Crippen molar-refractivity contribution in [3.05, 3.63) is 77.3 Å². The molecule has 2 N–H and O–H groups in total. The molecule has 3 aromatic rings. The first-order valence-corrected chi connectivity index (χ1v) is 11.8. The molecule has 7 nitrogen and oxygen atoms in total. The van der Waals surface area contributed by atoms with Gasteiger partial charge in [0.15, 0.2) is 11.5 Å². The minimum atomic E-state index is -3.80. The van der Waals surface area contributed by atoms with Gasteiger partial charge in [-0.25, -0.2) is 8.42 Å². The zero-order valence-corrected chi connectivity index (χ0v) is 19.2. The lowest BCUT2D eigenvalue weighted by Gasteiger charge is -2.13. The van der Waals surface area contributed by atoms with Crippen molar-refractivity contribution in [3.63, 3.8) is 0 Å². The van der Waals surface area contributed by atoms with Gasteiger partial charge >= 0.3 is 0 Å². The van der Waals surface area contributed by atoms with Crippen LogP contribution >= 0.6 is 11.6 Å². The highest BCUT2D eigenvalue weighted by atomic mass is 35.5. The smallest absolute Gasteiger partial charge is 0.261 e. The molecule has 3 aromatic carbocycles. The van der Waals surface area contributed by atoms with Crippen molar-refractivity contribution < 1.29 is 22.7 Å². The first kappa shape index (κ1) is 23.4. The second-order valence-corrected chi connectivity index (χ2v) is 8.74. The van der Waals surface area contributed by atoms with Crippen molar-refractivity contribution in [3.8, 4) is 11.5 Å². The third-order valence-corrected chi connectivity index (χ3v) is 5.94. The van der Waals surface area contributed by atoms with Gasteiger partial charge in [0.2, 0.25) is 0 Å². The summed E-state index contributed by atoms with van der Waals surface area (Å²) in [5, 5.41) is 3.17. The molecule has 0 aliphatic rings. The average Bonchev–Trinajstić information content (AvgIpc) is 2.75. The van der Waals surface area contributed by atoms with Crippen molar-refractivity contribution in [2.75, 3.05) is 23.3 Å². The second kappa shape index (κ2) is 10.4. The second-order valence-electron chi connectivity index (χ2n) is 6.62. The molecule has 0 radical (unpaired) electrons. The number of carbonyl (C=O) groups excluding carboxylic acids is 1. The van der Waals surface area contributed by atoms with Crippen molar-refractivity contribution >= 4 is 38.9 Å². The highest BCUT2D eigenvalue weighted by Gasteiger charge is 2.16. The minimum Gasteiger partial charge on any atom is -0.490 e. The Morgan fingerprint density at radius 3 is 2.22 bits per heavy atom. The Kier molecular flexibility index (Phi) is 7.61. The van der Waals surface area contributed by atoms with Crippen LogP contribution in [0.25, 0.3) is 0 Å². The van der Waals surface area contributed by atoms with Gasteiger partial charge in [-0.2, -0.15) is 0 Å². The number of nitrogens with one attached hydrogen (secondary N) is 2. The Labute approximate surface area is 192 Å². The molecule has 0 heterocycles. The van der Waals surface area contributed by atoms with Gasteiger partial charge in [-0.05, 0) is 74.5 Å². The summed E-state index contributed by atoms with van der Waals surface area (Å²) in [4.78, 5) is 12.7. The third kappa shape index (κ3) is 5.93. The lowest BCUT2D eigenvalue weighted by Crippen LogP contribution is -2.14. The number of amides is 1. The summed E-state index contributed by atoms with van der Waals surface area (Å²) in [6.45, 7) is 4.63. The van der Waals surface area contributed by atoms with Gasteiger partial charge in [-0.3, -0.25) is 9.52 Å². The number of rotatable bonds is 9. The average molecular weight is 475 g/mol. The topological polar surface area (TPSA) is 93.7 Å².